The van der Waals surface area contributed by atoms with E-state index in [1.807, 2.05) is 6.07 Å². The zero-order valence-electron chi connectivity index (χ0n) is 13.4. The van der Waals surface area contributed by atoms with Crippen LogP contribution in [0.4, 0.5) is 0 Å². The van der Waals surface area contributed by atoms with E-state index in [-0.39, 0.29) is 11.9 Å². The Hall–Kier alpha value is -1.02. The van der Waals surface area contributed by atoms with Crippen molar-refractivity contribution in [3.8, 4) is 5.75 Å². The van der Waals surface area contributed by atoms with Gasteiger partial charge in [0.1, 0.15) is 11.9 Å². The number of carbonyl (C=O) groups is 1. The van der Waals surface area contributed by atoms with Crippen LogP contribution in [0.3, 0.4) is 0 Å². The third-order valence-corrected chi connectivity index (χ3v) is 4.87. The average molecular weight is 309 g/mol. The highest BCUT2D eigenvalue weighted by atomic mass is 35.5. The van der Waals surface area contributed by atoms with E-state index < -0.39 is 0 Å². The monoisotopic (exact) mass is 308 g/mol. The maximum absolute atomic E-state index is 11.4. The molecule has 2 nitrogen and oxygen atoms in total. The number of ether oxygens (including phenoxy) is 1. The smallest absolute Gasteiger partial charge is 0.159 e. The molecule has 21 heavy (non-hydrogen) atoms. The summed E-state index contributed by atoms with van der Waals surface area (Å²) in [6.45, 7) is 8.35. The number of Topliss-reactive ketones (excluding diaryl/α,β-unsaturated/α-hetero) is 1. The van der Waals surface area contributed by atoms with Crippen molar-refractivity contribution < 1.29 is 9.53 Å². The Bertz CT molecular complexity index is 510. The maximum atomic E-state index is 11.4. The lowest BCUT2D eigenvalue weighted by Crippen LogP contribution is -2.36. The van der Waals surface area contributed by atoms with E-state index in [0.717, 1.165) is 6.42 Å². The van der Waals surface area contributed by atoms with Gasteiger partial charge in [-0.25, -0.2) is 0 Å². The van der Waals surface area contributed by atoms with Crippen molar-refractivity contribution in [1.29, 1.82) is 0 Å². The summed E-state index contributed by atoms with van der Waals surface area (Å²) < 4.78 is 6.22. The van der Waals surface area contributed by atoms with Crippen molar-refractivity contribution >= 4 is 17.4 Å². The summed E-state index contributed by atoms with van der Waals surface area (Å²) in [6.07, 6.45) is 3.79. The Kier molecular flexibility index (Phi) is 5.32. The third kappa shape index (κ3) is 4.00. The highest BCUT2D eigenvalue weighted by Gasteiger charge is 2.32. The number of hydrogen-bond donors (Lipinski definition) is 0. The van der Waals surface area contributed by atoms with Crippen molar-refractivity contribution in [2.45, 2.75) is 53.1 Å². The van der Waals surface area contributed by atoms with Gasteiger partial charge in [-0.3, -0.25) is 4.79 Å². The molecule has 3 atom stereocenters. The second-order valence-corrected chi connectivity index (χ2v) is 7.09. The fourth-order valence-electron chi connectivity index (χ4n) is 3.23. The van der Waals surface area contributed by atoms with Crippen LogP contribution in [-0.4, -0.2) is 11.9 Å². The Morgan fingerprint density at radius 3 is 2.62 bits per heavy atom. The van der Waals surface area contributed by atoms with E-state index in [0.29, 0.717) is 34.1 Å². The standard InChI is InChI=1S/C18H25ClO2/c1-11(2)15-7-5-12(3)9-18(15)21-17-8-6-14(13(4)20)10-16(17)19/h6,8,10-12,15,18H,5,7,9H2,1-4H3. The molecular weight excluding hydrogens is 284 g/mol. The number of rotatable bonds is 4. The topological polar surface area (TPSA) is 26.3 Å². The van der Waals surface area contributed by atoms with Gasteiger partial charge in [0.25, 0.3) is 0 Å². The lowest BCUT2D eigenvalue weighted by Gasteiger charge is -2.37. The number of benzene rings is 1. The summed E-state index contributed by atoms with van der Waals surface area (Å²) >= 11 is 6.28. The van der Waals surface area contributed by atoms with Crippen molar-refractivity contribution in [1.82, 2.24) is 0 Å². The van der Waals surface area contributed by atoms with Gasteiger partial charge in [-0.05, 0) is 55.7 Å². The van der Waals surface area contributed by atoms with Gasteiger partial charge in [0.15, 0.2) is 5.78 Å². The van der Waals surface area contributed by atoms with E-state index in [1.165, 1.54) is 12.8 Å². The summed E-state index contributed by atoms with van der Waals surface area (Å²) in [5, 5.41) is 0.531. The molecule has 3 heteroatoms. The molecule has 0 amide bonds. The highest BCUT2D eigenvalue weighted by molar-refractivity contribution is 6.32. The van der Waals surface area contributed by atoms with Crippen LogP contribution in [0.1, 0.15) is 57.3 Å². The van der Waals surface area contributed by atoms with Crippen LogP contribution in [0, 0.1) is 17.8 Å². The minimum Gasteiger partial charge on any atom is -0.489 e. The van der Waals surface area contributed by atoms with Gasteiger partial charge in [-0.1, -0.05) is 38.8 Å². The molecule has 1 aromatic carbocycles. The van der Waals surface area contributed by atoms with Gasteiger partial charge in [-0.15, -0.1) is 0 Å². The minimum atomic E-state index is 0.0230. The van der Waals surface area contributed by atoms with Crippen LogP contribution in [0.15, 0.2) is 18.2 Å². The Labute approximate surface area is 132 Å². The largest absolute Gasteiger partial charge is 0.489 e. The molecule has 0 spiro atoms. The van der Waals surface area contributed by atoms with Crippen LogP contribution >= 0.6 is 11.6 Å². The van der Waals surface area contributed by atoms with Crippen LogP contribution < -0.4 is 4.74 Å². The summed E-state index contributed by atoms with van der Waals surface area (Å²) in [6, 6.07) is 5.33. The fraction of sp³-hybridized carbons (Fsp3) is 0.611. The predicted octanol–water partition coefficient (Wildman–Crippen LogP) is 5.38. The number of carbonyl (C=O) groups excluding carboxylic acids is 1. The summed E-state index contributed by atoms with van der Waals surface area (Å²) in [5.41, 5.74) is 0.629. The molecule has 0 saturated heterocycles. The zero-order chi connectivity index (χ0) is 15.6. The van der Waals surface area contributed by atoms with E-state index in [2.05, 4.69) is 20.8 Å². The second kappa shape index (κ2) is 6.83. The molecular formula is C18H25ClO2. The van der Waals surface area contributed by atoms with Gasteiger partial charge in [0.05, 0.1) is 5.02 Å². The van der Waals surface area contributed by atoms with Crippen molar-refractivity contribution in [2.75, 3.05) is 0 Å². The second-order valence-electron chi connectivity index (χ2n) is 6.68. The van der Waals surface area contributed by atoms with E-state index >= 15 is 0 Å². The van der Waals surface area contributed by atoms with Gasteiger partial charge < -0.3 is 4.74 Å². The fourth-order valence-corrected chi connectivity index (χ4v) is 3.45. The van der Waals surface area contributed by atoms with Gasteiger partial charge in [0.2, 0.25) is 0 Å². The number of hydrogen-bond acceptors (Lipinski definition) is 2. The lowest BCUT2D eigenvalue weighted by molar-refractivity contribution is 0.0461. The first-order valence-corrected chi connectivity index (χ1v) is 8.23. The Morgan fingerprint density at radius 1 is 1.33 bits per heavy atom. The average Bonchev–Trinajstić information content (AvgIpc) is 2.40. The molecule has 1 aliphatic rings. The Morgan fingerprint density at radius 2 is 2.05 bits per heavy atom. The molecule has 1 saturated carbocycles. The van der Waals surface area contributed by atoms with Gasteiger partial charge in [0, 0.05) is 5.56 Å². The first-order chi connectivity index (χ1) is 9.88. The zero-order valence-corrected chi connectivity index (χ0v) is 14.1. The molecule has 1 aliphatic carbocycles. The first-order valence-electron chi connectivity index (χ1n) is 7.85. The van der Waals surface area contributed by atoms with Crippen molar-refractivity contribution in [3.63, 3.8) is 0 Å². The molecule has 2 rings (SSSR count). The lowest BCUT2D eigenvalue weighted by atomic mass is 9.75. The molecule has 1 aromatic rings. The molecule has 0 radical (unpaired) electrons. The van der Waals surface area contributed by atoms with Gasteiger partial charge in [-0.2, -0.15) is 0 Å². The van der Waals surface area contributed by atoms with E-state index in [9.17, 15) is 4.79 Å². The molecule has 0 bridgehead atoms. The number of ketones is 1. The predicted molar refractivity (Wildman–Crippen MR) is 87.2 cm³/mol. The normalized spacial score (nSPS) is 25.9. The summed E-state index contributed by atoms with van der Waals surface area (Å²) in [4.78, 5) is 11.4. The number of halogens is 1. The molecule has 116 valence electrons. The van der Waals surface area contributed by atoms with Gasteiger partial charge >= 0.3 is 0 Å². The van der Waals surface area contributed by atoms with Crippen LogP contribution in [0.2, 0.25) is 5.02 Å². The van der Waals surface area contributed by atoms with Crippen LogP contribution in [0.5, 0.6) is 5.75 Å². The molecule has 0 aliphatic heterocycles. The van der Waals surface area contributed by atoms with Crippen LogP contribution in [0.25, 0.3) is 0 Å². The maximum Gasteiger partial charge on any atom is 0.159 e. The summed E-state index contributed by atoms with van der Waals surface area (Å²) in [7, 11) is 0. The molecule has 0 N–H and O–H groups in total. The van der Waals surface area contributed by atoms with Crippen molar-refractivity contribution in [3.05, 3.63) is 28.8 Å². The molecule has 1 fully saturated rings. The highest BCUT2D eigenvalue weighted by Crippen LogP contribution is 2.37. The minimum absolute atomic E-state index is 0.0230. The first kappa shape index (κ1) is 16.4. The SMILES string of the molecule is CC(=O)c1ccc(OC2CC(C)CCC2C(C)C)c(Cl)c1. The molecule has 3 unspecified atom stereocenters. The van der Waals surface area contributed by atoms with E-state index in [4.69, 9.17) is 16.3 Å². The van der Waals surface area contributed by atoms with E-state index in [1.54, 1.807) is 19.1 Å². The molecule has 0 heterocycles. The van der Waals surface area contributed by atoms with Crippen molar-refractivity contribution in [2.24, 2.45) is 17.8 Å². The summed E-state index contributed by atoms with van der Waals surface area (Å²) in [5.74, 6) is 2.60. The Balaban J connectivity index is 2.16. The molecule has 0 aromatic heterocycles. The quantitative estimate of drug-likeness (QED) is 0.698. The van der Waals surface area contributed by atoms with Crippen LogP contribution in [-0.2, 0) is 0 Å². The third-order valence-electron chi connectivity index (χ3n) is 4.58.